The first-order chi connectivity index (χ1) is 8.05. The molecule has 1 heterocycles. The van der Waals surface area contributed by atoms with Crippen LogP contribution in [-0.4, -0.2) is 25.8 Å². The average molecular weight is 251 g/mol. The van der Waals surface area contributed by atoms with Crippen molar-refractivity contribution < 1.29 is 8.42 Å². The summed E-state index contributed by atoms with van der Waals surface area (Å²) in [6.07, 6.45) is 1.79. The van der Waals surface area contributed by atoms with Crippen molar-refractivity contribution in [2.75, 3.05) is 18.8 Å². The number of hydrogen-bond acceptors (Lipinski definition) is 4. The number of nitrogens with zero attached hydrogens (tertiary/aromatic N) is 2. The van der Waals surface area contributed by atoms with Gasteiger partial charge in [-0.05, 0) is 31.0 Å². The van der Waals surface area contributed by atoms with Gasteiger partial charge in [0, 0.05) is 13.1 Å². The lowest BCUT2D eigenvalue weighted by Gasteiger charge is -2.15. The van der Waals surface area contributed by atoms with E-state index in [1.807, 2.05) is 6.07 Å². The Labute approximate surface area is 101 Å². The van der Waals surface area contributed by atoms with E-state index in [1.165, 1.54) is 22.5 Å². The van der Waals surface area contributed by atoms with Crippen LogP contribution in [-0.2, 0) is 10.0 Å². The third-order valence-electron chi connectivity index (χ3n) is 2.85. The molecule has 6 heteroatoms. The zero-order chi connectivity index (χ0) is 12.5. The number of rotatable bonds is 2. The van der Waals surface area contributed by atoms with Crippen molar-refractivity contribution in [2.45, 2.75) is 17.7 Å². The zero-order valence-electron chi connectivity index (χ0n) is 9.26. The van der Waals surface area contributed by atoms with Crippen LogP contribution in [0.1, 0.15) is 18.4 Å². The summed E-state index contributed by atoms with van der Waals surface area (Å²) in [7, 11) is -3.44. The van der Waals surface area contributed by atoms with Crippen molar-refractivity contribution in [3.63, 3.8) is 0 Å². The van der Waals surface area contributed by atoms with Crippen molar-refractivity contribution in [2.24, 2.45) is 0 Å². The van der Waals surface area contributed by atoms with E-state index in [1.54, 1.807) is 0 Å². The molecule has 0 unspecified atom stereocenters. The van der Waals surface area contributed by atoms with E-state index in [4.69, 9.17) is 11.0 Å². The second-order valence-electron chi connectivity index (χ2n) is 3.97. The highest BCUT2D eigenvalue weighted by atomic mass is 32.2. The van der Waals surface area contributed by atoms with Gasteiger partial charge in [0.15, 0.2) is 0 Å². The fraction of sp³-hybridized carbons (Fsp3) is 0.364. The van der Waals surface area contributed by atoms with Gasteiger partial charge in [0.25, 0.3) is 0 Å². The topological polar surface area (TPSA) is 87.2 Å². The van der Waals surface area contributed by atoms with Crippen LogP contribution in [0.15, 0.2) is 23.1 Å². The lowest BCUT2D eigenvalue weighted by Crippen LogP contribution is -2.27. The van der Waals surface area contributed by atoms with E-state index in [0.29, 0.717) is 18.7 Å². The highest BCUT2D eigenvalue weighted by Gasteiger charge is 2.27. The van der Waals surface area contributed by atoms with E-state index in [2.05, 4.69) is 0 Å². The van der Waals surface area contributed by atoms with E-state index in [-0.39, 0.29) is 10.6 Å². The standard InChI is InChI=1S/C11H13N3O2S/c12-8-9-3-4-10(7-11(9)13)17(15,16)14-5-1-2-6-14/h3-4,7H,1-2,5-6,13H2. The van der Waals surface area contributed by atoms with Gasteiger partial charge in [-0.15, -0.1) is 0 Å². The molecule has 5 nitrogen and oxygen atoms in total. The maximum absolute atomic E-state index is 12.2. The SMILES string of the molecule is N#Cc1ccc(S(=O)(=O)N2CCCC2)cc1N. The molecule has 0 aromatic heterocycles. The lowest BCUT2D eigenvalue weighted by molar-refractivity contribution is 0.477. The Balaban J connectivity index is 2.40. The number of nitriles is 1. The van der Waals surface area contributed by atoms with Gasteiger partial charge in [-0.25, -0.2) is 8.42 Å². The Morgan fingerprint density at radius 2 is 1.94 bits per heavy atom. The molecule has 1 saturated heterocycles. The van der Waals surface area contributed by atoms with E-state index >= 15 is 0 Å². The molecule has 0 atom stereocenters. The van der Waals surface area contributed by atoms with Gasteiger partial charge in [0.2, 0.25) is 10.0 Å². The summed E-state index contributed by atoms with van der Waals surface area (Å²) in [6, 6.07) is 6.14. The summed E-state index contributed by atoms with van der Waals surface area (Å²) in [4.78, 5) is 0.163. The lowest BCUT2D eigenvalue weighted by atomic mass is 10.2. The van der Waals surface area contributed by atoms with Gasteiger partial charge < -0.3 is 5.73 Å². The van der Waals surface area contributed by atoms with Crippen LogP contribution in [0.2, 0.25) is 0 Å². The number of nitrogens with two attached hydrogens (primary N) is 1. The van der Waals surface area contributed by atoms with Gasteiger partial charge in [-0.1, -0.05) is 0 Å². The molecular formula is C11H13N3O2S. The molecule has 1 aromatic rings. The van der Waals surface area contributed by atoms with E-state index in [0.717, 1.165) is 12.8 Å². The first-order valence-corrected chi connectivity index (χ1v) is 6.79. The molecule has 0 amide bonds. The van der Waals surface area contributed by atoms with Crippen molar-refractivity contribution in [3.8, 4) is 6.07 Å². The van der Waals surface area contributed by atoms with Crippen LogP contribution >= 0.6 is 0 Å². The molecule has 0 radical (unpaired) electrons. The molecule has 2 N–H and O–H groups in total. The van der Waals surface area contributed by atoms with Crippen LogP contribution in [0, 0.1) is 11.3 Å². The predicted molar refractivity (Wildman–Crippen MR) is 63.6 cm³/mol. The largest absolute Gasteiger partial charge is 0.398 e. The molecule has 1 aliphatic rings. The van der Waals surface area contributed by atoms with E-state index in [9.17, 15) is 8.42 Å². The van der Waals surface area contributed by atoms with Crippen LogP contribution in [0.3, 0.4) is 0 Å². The molecule has 0 spiro atoms. The first kappa shape index (κ1) is 11.9. The minimum Gasteiger partial charge on any atom is -0.398 e. The van der Waals surface area contributed by atoms with Gasteiger partial charge in [-0.2, -0.15) is 9.57 Å². The highest BCUT2D eigenvalue weighted by molar-refractivity contribution is 7.89. The highest BCUT2D eigenvalue weighted by Crippen LogP contribution is 2.23. The molecular weight excluding hydrogens is 238 g/mol. The molecule has 1 aliphatic heterocycles. The maximum atomic E-state index is 12.2. The Bertz CT molecular complexity index is 569. The summed E-state index contributed by atoms with van der Waals surface area (Å²) in [6.45, 7) is 1.12. The van der Waals surface area contributed by atoms with Gasteiger partial charge in [0.05, 0.1) is 16.1 Å². The van der Waals surface area contributed by atoms with Crippen LogP contribution in [0.5, 0.6) is 0 Å². The van der Waals surface area contributed by atoms with Crippen molar-refractivity contribution in [1.82, 2.24) is 4.31 Å². The fourth-order valence-electron chi connectivity index (χ4n) is 1.88. The van der Waals surface area contributed by atoms with Crippen LogP contribution in [0.25, 0.3) is 0 Å². The summed E-state index contributed by atoms with van der Waals surface area (Å²) < 4.78 is 25.8. The molecule has 17 heavy (non-hydrogen) atoms. The second kappa shape index (κ2) is 4.35. The summed E-state index contributed by atoms with van der Waals surface area (Å²) in [5, 5.41) is 8.73. The van der Waals surface area contributed by atoms with Crippen LogP contribution < -0.4 is 5.73 Å². The number of nitrogen functional groups attached to an aromatic ring is 1. The summed E-state index contributed by atoms with van der Waals surface area (Å²) >= 11 is 0. The van der Waals surface area contributed by atoms with Crippen molar-refractivity contribution in [1.29, 1.82) is 5.26 Å². The smallest absolute Gasteiger partial charge is 0.243 e. The third kappa shape index (κ3) is 2.12. The maximum Gasteiger partial charge on any atom is 0.243 e. The molecule has 0 saturated carbocycles. The third-order valence-corrected chi connectivity index (χ3v) is 4.74. The van der Waals surface area contributed by atoms with Gasteiger partial charge >= 0.3 is 0 Å². The minimum atomic E-state index is -3.44. The van der Waals surface area contributed by atoms with Crippen molar-refractivity contribution in [3.05, 3.63) is 23.8 Å². The Morgan fingerprint density at radius 1 is 1.29 bits per heavy atom. The van der Waals surface area contributed by atoms with Crippen LogP contribution in [0.4, 0.5) is 5.69 Å². The normalized spacial score (nSPS) is 16.9. The molecule has 1 aromatic carbocycles. The number of anilines is 1. The Kier molecular flexibility index (Phi) is 3.05. The fourth-order valence-corrected chi connectivity index (χ4v) is 3.43. The second-order valence-corrected chi connectivity index (χ2v) is 5.91. The first-order valence-electron chi connectivity index (χ1n) is 5.35. The van der Waals surface area contributed by atoms with E-state index < -0.39 is 10.0 Å². The number of sulfonamides is 1. The summed E-state index contributed by atoms with van der Waals surface area (Å²) in [5.41, 5.74) is 6.12. The van der Waals surface area contributed by atoms with Crippen molar-refractivity contribution >= 4 is 15.7 Å². The predicted octanol–water partition coefficient (Wildman–Crippen LogP) is 0.925. The molecule has 90 valence electrons. The number of benzene rings is 1. The Hall–Kier alpha value is -1.58. The van der Waals surface area contributed by atoms with Gasteiger partial charge in [0.1, 0.15) is 6.07 Å². The molecule has 0 bridgehead atoms. The summed E-state index contributed by atoms with van der Waals surface area (Å²) in [5.74, 6) is 0. The quantitative estimate of drug-likeness (QED) is 0.792. The average Bonchev–Trinajstić information content (AvgIpc) is 2.83. The van der Waals surface area contributed by atoms with Gasteiger partial charge in [-0.3, -0.25) is 0 Å². The monoisotopic (exact) mass is 251 g/mol. The Morgan fingerprint density at radius 3 is 2.47 bits per heavy atom. The number of hydrogen-bond donors (Lipinski definition) is 1. The molecule has 1 fully saturated rings. The molecule has 0 aliphatic carbocycles. The zero-order valence-corrected chi connectivity index (χ0v) is 10.1. The minimum absolute atomic E-state index is 0.163. The molecule has 2 rings (SSSR count).